The van der Waals surface area contributed by atoms with Crippen LogP contribution in [-0.2, 0) is 6.42 Å². The Morgan fingerprint density at radius 3 is 2.39 bits per heavy atom. The Labute approximate surface area is 103 Å². The summed E-state index contributed by atoms with van der Waals surface area (Å²) < 4.78 is 25.9. The molecule has 0 saturated carbocycles. The van der Waals surface area contributed by atoms with Crippen LogP contribution in [0.2, 0.25) is 0 Å². The van der Waals surface area contributed by atoms with Crippen molar-refractivity contribution in [3.63, 3.8) is 0 Å². The lowest BCUT2D eigenvalue weighted by Crippen LogP contribution is -2.43. The van der Waals surface area contributed by atoms with Crippen LogP contribution in [0, 0.1) is 11.6 Å². The van der Waals surface area contributed by atoms with Crippen molar-refractivity contribution in [3.05, 3.63) is 48.1 Å². The highest BCUT2D eigenvalue weighted by molar-refractivity contribution is 5.65. The molecule has 0 aliphatic heterocycles. The fourth-order valence-electron chi connectivity index (χ4n) is 1.56. The van der Waals surface area contributed by atoms with Gasteiger partial charge in [0.05, 0.1) is 12.1 Å². The second-order valence-electron chi connectivity index (χ2n) is 3.76. The van der Waals surface area contributed by atoms with Crippen LogP contribution in [0.3, 0.4) is 0 Å². The van der Waals surface area contributed by atoms with Gasteiger partial charge in [-0.25, -0.2) is 13.6 Å². The van der Waals surface area contributed by atoms with Gasteiger partial charge in [-0.05, 0) is 24.1 Å². The van der Waals surface area contributed by atoms with Gasteiger partial charge in [-0.1, -0.05) is 6.08 Å². The molecule has 0 radical (unpaired) electrons. The number of amides is 1. The number of hydrogen-bond acceptors (Lipinski definition) is 2. The molecule has 3 N–H and O–H groups in total. The highest BCUT2D eigenvalue weighted by Crippen LogP contribution is 2.12. The first kappa shape index (κ1) is 14.1. The fourth-order valence-corrected chi connectivity index (χ4v) is 1.56. The lowest BCUT2D eigenvalue weighted by Gasteiger charge is -2.20. The largest absolute Gasteiger partial charge is 0.465 e. The summed E-state index contributed by atoms with van der Waals surface area (Å²) in [5.74, 6) is -1.51. The predicted octanol–water partition coefficient (Wildman–Crippen LogP) is 1.69. The Bertz CT molecular complexity index is 431. The highest BCUT2D eigenvalue weighted by Gasteiger charge is 2.19. The average molecular weight is 257 g/mol. The summed E-state index contributed by atoms with van der Waals surface area (Å²) >= 11 is 0. The molecule has 18 heavy (non-hydrogen) atoms. The van der Waals surface area contributed by atoms with Crippen LogP contribution in [0.25, 0.3) is 0 Å². The van der Waals surface area contributed by atoms with Gasteiger partial charge in [0.1, 0.15) is 11.6 Å². The summed E-state index contributed by atoms with van der Waals surface area (Å²) in [4.78, 5) is 10.5. The second kappa shape index (κ2) is 6.11. The molecule has 1 rings (SSSR count). The fraction of sp³-hybridized carbons (Fsp3) is 0.250. The summed E-state index contributed by atoms with van der Waals surface area (Å²) in [6.07, 6.45) is -1.38. The monoisotopic (exact) mass is 257 g/mol. The molecule has 1 amide bonds. The number of aliphatic hydroxyl groups excluding tert-OH is 1. The van der Waals surface area contributed by atoms with Crippen LogP contribution in [0.4, 0.5) is 13.6 Å². The molecule has 0 fully saturated rings. The van der Waals surface area contributed by atoms with Gasteiger partial charge < -0.3 is 15.5 Å². The van der Waals surface area contributed by atoms with Gasteiger partial charge in [-0.2, -0.15) is 0 Å². The van der Waals surface area contributed by atoms with E-state index in [0.29, 0.717) is 6.07 Å². The van der Waals surface area contributed by atoms with Gasteiger partial charge >= 0.3 is 6.09 Å². The zero-order chi connectivity index (χ0) is 13.7. The van der Waals surface area contributed by atoms with Crippen molar-refractivity contribution in [2.45, 2.75) is 18.6 Å². The average Bonchev–Trinajstić information content (AvgIpc) is 2.25. The van der Waals surface area contributed by atoms with E-state index in [-0.39, 0.29) is 12.0 Å². The molecule has 2 atom stereocenters. The van der Waals surface area contributed by atoms with Crippen LogP contribution < -0.4 is 5.32 Å². The Balaban J connectivity index is 2.87. The molecule has 0 bridgehead atoms. The van der Waals surface area contributed by atoms with E-state index in [1.54, 1.807) is 0 Å². The summed E-state index contributed by atoms with van der Waals surface area (Å²) in [5, 5.41) is 20.2. The van der Waals surface area contributed by atoms with Crippen molar-refractivity contribution < 1.29 is 23.8 Å². The van der Waals surface area contributed by atoms with Crippen LogP contribution in [0.5, 0.6) is 0 Å². The molecule has 0 saturated heterocycles. The van der Waals surface area contributed by atoms with E-state index in [0.717, 1.165) is 18.2 Å². The number of carboxylic acid groups (broad SMARTS) is 1. The van der Waals surface area contributed by atoms with Gasteiger partial charge in [0, 0.05) is 6.07 Å². The molecule has 0 spiro atoms. The third-order valence-electron chi connectivity index (χ3n) is 2.34. The molecule has 0 heterocycles. The van der Waals surface area contributed by atoms with E-state index in [9.17, 15) is 18.7 Å². The predicted molar refractivity (Wildman–Crippen MR) is 61.2 cm³/mol. The number of hydrogen-bond donors (Lipinski definition) is 3. The number of carbonyl (C=O) groups is 1. The van der Waals surface area contributed by atoms with Crippen LogP contribution in [-0.4, -0.2) is 28.5 Å². The van der Waals surface area contributed by atoms with Crippen molar-refractivity contribution >= 4 is 6.09 Å². The first-order chi connectivity index (χ1) is 8.42. The molecule has 6 heteroatoms. The highest BCUT2D eigenvalue weighted by atomic mass is 19.1. The van der Waals surface area contributed by atoms with Crippen molar-refractivity contribution in [2.75, 3.05) is 0 Å². The van der Waals surface area contributed by atoms with E-state index in [1.807, 2.05) is 0 Å². The zero-order valence-electron chi connectivity index (χ0n) is 9.44. The molecule has 0 aromatic heterocycles. The van der Waals surface area contributed by atoms with Crippen LogP contribution in [0.15, 0.2) is 30.9 Å². The maximum absolute atomic E-state index is 13.0. The van der Waals surface area contributed by atoms with E-state index in [1.165, 1.54) is 0 Å². The van der Waals surface area contributed by atoms with E-state index < -0.39 is 29.9 Å². The molecular formula is C12H13F2NO3. The minimum Gasteiger partial charge on any atom is -0.465 e. The number of benzene rings is 1. The minimum absolute atomic E-state index is 0.0475. The smallest absolute Gasteiger partial charge is 0.404 e. The van der Waals surface area contributed by atoms with Crippen molar-refractivity contribution in [1.29, 1.82) is 0 Å². The Morgan fingerprint density at radius 1 is 1.39 bits per heavy atom. The summed E-state index contributed by atoms with van der Waals surface area (Å²) in [5.41, 5.74) is 0.243. The van der Waals surface area contributed by atoms with Gasteiger partial charge in [-0.15, -0.1) is 6.58 Å². The summed E-state index contributed by atoms with van der Waals surface area (Å²) in [6, 6.07) is 1.96. The molecule has 1 aromatic rings. The first-order valence-corrected chi connectivity index (χ1v) is 5.17. The first-order valence-electron chi connectivity index (χ1n) is 5.17. The van der Waals surface area contributed by atoms with Crippen LogP contribution >= 0.6 is 0 Å². The van der Waals surface area contributed by atoms with Crippen molar-refractivity contribution in [3.8, 4) is 0 Å². The number of halogens is 2. The number of rotatable bonds is 5. The number of aliphatic hydroxyl groups is 1. The van der Waals surface area contributed by atoms with Gasteiger partial charge in [0.15, 0.2) is 0 Å². The third-order valence-corrected chi connectivity index (χ3v) is 2.34. The quantitative estimate of drug-likeness (QED) is 0.703. The van der Waals surface area contributed by atoms with Gasteiger partial charge in [0.2, 0.25) is 0 Å². The van der Waals surface area contributed by atoms with Crippen LogP contribution in [0.1, 0.15) is 5.56 Å². The second-order valence-corrected chi connectivity index (χ2v) is 3.76. The standard InChI is InChI=1S/C12H13F2NO3/c1-2-11(16)10(15-12(17)18)5-7-3-8(13)6-9(14)4-7/h2-4,6,10-11,15-16H,1,5H2,(H,17,18)/t10-,11?/m0/s1. The normalized spacial score (nSPS) is 13.7. The van der Waals surface area contributed by atoms with E-state index in [2.05, 4.69) is 11.9 Å². The SMILES string of the molecule is C=CC(O)[C@H](Cc1cc(F)cc(F)c1)NC(=O)O. The summed E-state index contributed by atoms with van der Waals surface area (Å²) in [6.45, 7) is 3.33. The Morgan fingerprint density at radius 2 is 1.94 bits per heavy atom. The lowest BCUT2D eigenvalue weighted by molar-refractivity contribution is 0.151. The van der Waals surface area contributed by atoms with Crippen molar-refractivity contribution in [1.82, 2.24) is 5.32 Å². The van der Waals surface area contributed by atoms with Crippen molar-refractivity contribution in [2.24, 2.45) is 0 Å². The van der Waals surface area contributed by atoms with E-state index in [4.69, 9.17) is 5.11 Å². The van der Waals surface area contributed by atoms with Gasteiger partial charge in [0.25, 0.3) is 0 Å². The molecule has 0 aliphatic rings. The maximum atomic E-state index is 13.0. The molecule has 1 unspecified atom stereocenters. The molecule has 1 aromatic carbocycles. The minimum atomic E-state index is -1.34. The van der Waals surface area contributed by atoms with Gasteiger partial charge in [-0.3, -0.25) is 0 Å². The maximum Gasteiger partial charge on any atom is 0.404 e. The van der Waals surface area contributed by atoms with E-state index >= 15 is 0 Å². The topological polar surface area (TPSA) is 69.6 Å². The molecule has 98 valence electrons. The lowest BCUT2D eigenvalue weighted by atomic mass is 10.0. The molecule has 4 nitrogen and oxygen atoms in total. The summed E-state index contributed by atoms with van der Waals surface area (Å²) in [7, 11) is 0. The number of nitrogens with one attached hydrogen (secondary N) is 1. The Hall–Kier alpha value is -1.95. The molecular weight excluding hydrogens is 244 g/mol. The molecule has 0 aliphatic carbocycles. The zero-order valence-corrected chi connectivity index (χ0v) is 9.44. The Kier molecular flexibility index (Phi) is 4.79. The third kappa shape index (κ3) is 4.14.